The quantitative estimate of drug-likeness (QED) is 0.729. The summed E-state index contributed by atoms with van der Waals surface area (Å²) < 4.78 is 20.1. The third kappa shape index (κ3) is 4.64. The second-order valence-corrected chi connectivity index (χ2v) is 8.33. The lowest BCUT2D eigenvalue weighted by molar-refractivity contribution is -0.119. The van der Waals surface area contributed by atoms with E-state index in [0.717, 1.165) is 31.1 Å². The summed E-state index contributed by atoms with van der Waals surface area (Å²) in [5.41, 5.74) is 0.987. The highest BCUT2D eigenvalue weighted by Crippen LogP contribution is 2.30. The summed E-state index contributed by atoms with van der Waals surface area (Å²) in [5.74, 6) is -0.553. The predicted octanol–water partition coefficient (Wildman–Crippen LogP) is 2.82. The van der Waals surface area contributed by atoms with Crippen LogP contribution in [0.25, 0.3) is 0 Å². The van der Waals surface area contributed by atoms with Crippen LogP contribution in [0.3, 0.4) is 0 Å². The van der Waals surface area contributed by atoms with E-state index in [1.807, 2.05) is 10.3 Å². The fourth-order valence-corrected chi connectivity index (χ4v) is 4.36. The Bertz CT molecular complexity index is 902. The van der Waals surface area contributed by atoms with Gasteiger partial charge >= 0.3 is 6.09 Å². The van der Waals surface area contributed by atoms with E-state index < -0.39 is 12.2 Å². The van der Waals surface area contributed by atoms with Gasteiger partial charge in [0.05, 0.1) is 24.5 Å². The molecule has 1 atom stereocenters. The van der Waals surface area contributed by atoms with Crippen molar-refractivity contribution in [3.8, 4) is 0 Å². The minimum atomic E-state index is -0.536. The van der Waals surface area contributed by atoms with E-state index in [-0.39, 0.29) is 24.8 Å². The molecular weight excluding hydrogens is 409 g/mol. The minimum Gasteiger partial charge on any atom is -0.442 e. The number of halogens is 1. The molecule has 2 N–H and O–H groups in total. The minimum absolute atomic E-state index is 0.189. The number of carbonyl (C=O) groups excluding carboxylic acids is 2. The van der Waals surface area contributed by atoms with Crippen LogP contribution >= 0.6 is 11.3 Å². The van der Waals surface area contributed by atoms with Crippen LogP contribution in [0.4, 0.5) is 25.7 Å². The largest absolute Gasteiger partial charge is 0.442 e. The highest BCUT2D eigenvalue weighted by Gasteiger charge is 2.33. The third-order valence-corrected chi connectivity index (χ3v) is 6.00. The Labute approximate surface area is 178 Å². The van der Waals surface area contributed by atoms with Crippen molar-refractivity contribution in [3.05, 3.63) is 35.6 Å². The lowest BCUT2D eigenvalue weighted by Gasteiger charge is -2.34. The first-order chi connectivity index (χ1) is 14.5. The number of nitrogens with zero attached hydrogens (tertiary/aromatic N) is 3. The van der Waals surface area contributed by atoms with Crippen molar-refractivity contribution in [2.45, 2.75) is 31.9 Å². The Hall–Kier alpha value is -2.88. The van der Waals surface area contributed by atoms with Gasteiger partial charge in [-0.25, -0.2) is 14.2 Å². The van der Waals surface area contributed by atoms with Crippen LogP contribution in [-0.4, -0.2) is 55.3 Å². The molecule has 8 nitrogen and oxygen atoms in total. The van der Waals surface area contributed by atoms with E-state index >= 15 is 0 Å². The van der Waals surface area contributed by atoms with Crippen molar-refractivity contribution < 1.29 is 18.7 Å². The maximum Gasteiger partial charge on any atom is 0.414 e. The number of cyclic esters (lactones) is 1. The summed E-state index contributed by atoms with van der Waals surface area (Å²) in [4.78, 5) is 30.9. The molecule has 2 fully saturated rings. The second kappa shape index (κ2) is 8.86. The Morgan fingerprint density at radius 1 is 1.37 bits per heavy atom. The number of piperidine rings is 1. The highest BCUT2D eigenvalue weighted by molar-refractivity contribution is 7.13. The van der Waals surface area contributed by atoms with Crippen molar-refractivity contribution in [1.82, 2.24) is 10.3 Å². The molecule has 2 aliphatic heterocycles. The van der Waals surface area contributed by atoms with Crippen LogP contribution in [0.2, 0.25) is 0 Å². The number of hydrogen-bond acceptors (Lipinski definition) is 7. The Kier molecular flexibility index (Phi) is 6.03. The maximum atomic E-state index is 14.9. The van der Waals surface area contributed by atoms with E-state index in [1.165, 1.54) is 17.9 Å². The smallest absolute Gasteiger partial charge is 0.414 e. The topological polar surface area (TPSA) is 86.8 Å². The summed E-state index contributed by atoms with van der Waals surface area (Å²) in [6, 6.07) is 5.15. The Balaban J connectivity index is 1.35. The van der Waals surface area contributed by atoms with Gasteiger partial charge in [-0.2, -0.15) is 0 Å². The second-order valence-electron chi connectivity index (χ2n) is 7.43. The molecule has 4 rings (SSSR count). The summed E-state index contributed by atoms with van der Waals surface area (Å²) in [6.45, 7) is 3.39. The zero-order valence-electron chi connectivity index (χ0n) is 16.6. The average molecular weight is 434 g/mol. The van der Waals surface area contributed by atoms with Crippen LogP contribution in [0, 0.1) is 5.82 Å². The number of aromatic nitrogens is 1. The number of hydrogen-bond donors (Lipinski definition) is 2. The van der Waals surface area contributed by atoms with Gasteiger partial charge in [0.1, 0.15) is 11.9 Å². The molecule has 0 spiro atoms. The molecule has 0 saturated carbocycles. The third-order valence-electron chi connectivity index (χ3n) is 5.29. The lowest BCUT2D eigenvalue weighted by Crippen LogP contribution is -2.39. The van der Waals surface area contributed by atoms with Crippen LogP contribution in [-0.2, 0) is 9.53 Å². The summed E-state index contributed by atoms with van der Waals surface area (Å²) >= 11 is 1.58. The van der Waals surface area contributed by atoms with Crippen LogP contribution < -0.4 is 20.4 Å². The van der Waals surface area contributed by atoms with Gasteiger partial charge in [-0.05, 0) is 31.0 Å². The molecule has 160 valence electrons. The number of ether oxygens (including phenoxy) is 1. The van der Waals surface area contributed by atoms with E-state index in [0.29, 0.717) is 17.4 Å². The van der Waals surface area contributed by atoms with E-state index in [9.17, 15) is 14.0 Å². The molecular formula is C20H24FN5O3S. The van der Waals surface area contributed by atoms with Crippen molar-refractivity contribution in [3.63, 3.8) is 0 Å². The Morgan fingerprint density at radius 2 is 2.17 bits per heavy atom. The van der Waals surface area contributed by atoms with E-state index in [4.69, 9.17) is 4.74 Å². The molecule has 0 unspecified atom stereocenters. The summed E-state index contributed by atoms with van der Waals surface area (Å²) in [6.07, 6.45) is 2.57. The van der Waals surface area contributed by atoms with Crippen LogP contribution in [0.5, 0.6) is 0 Å². The molecule has 2 aromatic rings. The molecule has 0 radical (unpaired) electrons. The molecule has 10 heteroatoms. The molecule has 2 aliphatic rings. The molecule has 1 aromatic heterocycles. The van der Waals surface area contributed by atoms with Crippen molar-refractivity contribution >= 4 is 39.8 Å². The van der Waals surface area contributed by atoms with E-state index in [2.05, 4.69) is 15.6 Å². The molecule has 3 heterocycles. The van der Waals surface area contributed by atoms with Crippen LogP contribution in [0.15, 0.2) is 29.8 Å². The lowest BCUT2D eigenvalue weighted by atomic mass is 10.0. The standard InChI is InChI=1S/C20H24FN5O3S/c1-13(27)23-11-16-12-26(20(28)29-16)15-2-3-18(17(21)10-15)25-7-4-14(5-8-25)24-19-22-6-9-30-19/h2-3,6,9-10,14,16H,4-5,7-8,11-12H2,1H3,(H,22,24)(H,23,27)/t16-/m0/s1. The van der Waals surface area contributed by atoms with Crippen LogP contribution in [0.1, 0.15) is 19.8 Å². The molecule has 0 bridgehead atoms. The molecule has 0 aliphatic carbocycles. The van der Waals surface area contributed by atoms with Gasteiger partial charge in [0.25, 0.3) is 0 Å². The number of nitrogens with one attached hydrogen (secondary N) is 2. The summed E-state index contributed by atoms with van der Waals surface area (Å²) in [5, 5.41) is 8.90. The predicted molar refractivity (Wildman–Crippen MR) is 114 cm³/mol. The first-order valence-corrected chi connectivity index (χ1v) is 10.8. The maximum absolute atomic E-state index is 14.9. The average Bonchev–Trinajstić information content (AvgIpc) is 3.36. The van der Waals surface area contributed by atoms with Crippen molar-refractivity contribution in [2.75, 3.05) is 41.3 Å². The molecule has 2 amide bonds. The first kappa shape index (κ1) is 20.4. The normalized spacial score (nSPS) is 19.7. The fourth-order valence-electron chi connectivity index (χ4n) is 3.75. The van der Waals surface area contributed by atoms with Gasteiger partial charge in [-0.15, -0.1) is 11.3 Å². The number of carbonyl (C=O) groups is 2. The number of amides is 2. The number of anilines is 3. The van der Waals surface area contributed by atoms with Gasteiger partial charge in [0.2, 0.25) is 5.91 Å². The van der Waals surface area contributed by atoms with Gasteiger partial charge < -0.3 is 20.3 Å². The van der Waals surface area contributed by atoms with Gasteiger partial charge in [0.15, 0.2) is 5.13 Å². The van der Waals surface area contributed by atoms with E-state index in [1.54, 1.807) is 29.7 Å². The fraction of sp³-hybridized carbons (Fsp3) is 0.450. The highest BCUT2D eigenvalue weighted by atomic mass is 32.1. The monoisotopic (exact) mass is 433 g/mol. The van der Waals surface area contributed by atoms with Crippen molar-refractivity contribution in [1.29, 1.82) is 0 Å². The van der Waals surface area contributed by atoms with Gasteiger partial charge in [0, 0.05) is 37.6 Å². The zero-order chi connectivity index (χ0) is 21.1. The van der Waals surface area contributed by atoms with Gasteiger partial charge in [-0.1, -0.05) is 0 Å². The van der Waals surface area contributed by atoms with Gasteiger partial charge in [-0.3, -0.25) is 9.69 Å². The molecule has 30 heavy (non-hydrogen) atoms. The molecule has 1 aromatic carbocycles. The SMILES string of the molecule is CC(=O)NC[C@H]1CN(c2ccc(N3CCC(Nc4nccs4)CC3)c(F)c2)C(=O)O1. The first-order valence-electron chi connectivity index (χ1n) is 9.92. The Morgan fingerprint density at radius 3 is 2.83 bits per heavy atom. The van der Waals surface area contributed by atoms with Crippen molar-refractivity contribution in [2.24, 2.45) is 0 Å². The number of thiazole rings is 1. The summed E-state index contributed by atoms with van der Waals surface area (Å²) in [7, 11) is 0. The zero-order valence-corrected chi connectivity index (χ0v) is 17.5. The number of rotatable bonds is 6. The molecule has 2 saturated heterocycles. The number of benzene rings is 1.